The minimum Gasteiger partial charge on any atom is -0.307 e. The Hall–Kier alpha value is -2.66. The fourth-order valence-corrected chi connectivity index (χ4v) is 2.98. The normalized spacial score (nSPS) is 10.4. The summed E-state index contributed by atoms with van der Waals surface area (Å²) in [6.07, 6.45) is 5.01. The minimum atomic E-state index is -0.196. The molecule has 0 saturated heterocycles. The maximum absolute atomic E-state index is 12.2. The number of nitrogens with zero attached hydrogens (tertiary/aromatic N) is 2. The van der Waals surface area contributed by atoms with E-state index in [-0.39, 0.29) is 5.91 Å². The smallest absolute Gasteiger partial charge is 0.258 e. The molecule has 0 aliphatic rings. The van der Waals surface area contributed by atoms with Crippen LogP contribution in [0.3, 0.4) is 0 Å². The second-order valence-electron chi connectivity index (χ2n) is 5.30. The zero-order chi connectivity index (χ0) is 16.8. The van der Waals surface area contributed by atoms with Crippen molar-refractivity contribution in [3.8, 4) is 0 Å². The molecule has 2 aromatic heterocycles. The van der Waals surface area contributed by atoms with Crippen molar-refractivity contribution >= 4 is 23.5 Å². The first-order chi connectivity index (χ1) is 11.7. The maximum Gasteiger partial charge on any atom is 0.258 e. The number of hydrogen-bond donors (Lipinski definition) is 1. The Bertz CT molecular complexity index is 820. The summed E-state index contributed by atoms with van der Waals surface area (Å²) >= 11 is 1.71. The average molecular weight is 335 g/mol. The van der Waals surface area contributed by atoms with Gasteiger partial charge >= 0.3 is 0 Å². The summed E-state index contributed by atoms with van der Waals surface area (Å²) in [6, 6.07) is 15.9. The van der Waals surface area contributed by atoms with Gasteiger partial charge in [-0.1, -0.05) is 30.3 Å². The molecule has 0 saturated carbocycles. The highest BCUT2D eigenvalue weighted by Gasteiger charge is 2.09. The van der Waals surface area contributed by atoms with Crippen molar-refractivity contribution in [2.24, 2.45) is 0 Å². The Morgan fingerprint density at radius 2 is 1.92 bits per heavy atom. The minimum absolute atomic E-state index is 0.196. The van der Waals surface area contributed by atoms with Crippen LogP contribution < -0.4 is 5.32 Å². The summed E-state index contributed by atoms with van der Waals surface area (Å²) in [7, 11) is 0. The molecule has 0 aliphatic heterocycles. The van der Waals surface area contributed by atoms with Gasteiger partial charge in [0.05, 0.1) is 5.56 Å². The number of carbonyl (C=O) groups is 1. The molecule has 0 atom stereocenters. The highest BCUT2D eigenvalue weighted by Crippen LogP contribution is 2.23. The molecule has 3 aromatic rings. The van der Waals surface area contributed by atoms with Crippen LogP contribution in [0.2, 0.25) is 0 Å². The lowest BCUT2D eigenvalue weighted by Gasteiger charge is -2.07. The topological polar surface area (TPSA) is 54.9 Å². The molecular weight excluding hydrogens is 318 g/mol. The van der Waals surface area contributed by atoms with Crippen LogP contribution in [0.25, 0.3) is 0 Å². The predicted octanol–water partition coefficient (Wildman–Crippen LogP) is 4.33. The van der Waals surface area contributed by atoms with Crippen LogP contribution in [-0.4, -0.2) is 15.9 Å². The van der Waals surface area contributed by atoms with E-state index in [4.69, 9.17) is 0 Å². The second kappa shape index (κ2) is 7.75. The molecule has 1 N–H and O–H groups in total. The molecule has 0 fully saturated rings. The van der Waals surface area contributed by atoms with Crippen molar-refractivity contribution in [3.63, 3.8) is 0 Å². The number of hydrogen-bond acceptors (Lipinski definition) is 4. The Labute approximate surface area is 145 Å². The lowest BCUT2D eigenvalue weighted by molar-refractivity contribution is 0.102. The van der Waals surface area contributed by atoms with E-state index in [0.717, 1.165) is 16.2 Å². The van der Waals surface area contributed by atoms with Crippen LogP contribution in [0.4, 0.5) is 5.82 Å². The number of pyridine rings is 2. The Kier molecular flexibility index (Phi) is 5.23. The monoisotopic (exact) mass is 335 g/mol. The molecule has 4 nitrogen and oxygen atoms in total. The fourth-order valence-electron chi connectivity index (χ4n) is 2.17. The molecule has 2 heterocycles. The predicted molar refractivity (Wildman–Crippen MR) is 97.2 cm³/mol. The van der Waals surface area contributed by atoms with E-state index in [0.29, 0.717) is 11.4 Å². The zero-order valence-corrected chi connectivity index (χ0v) is 14.1. The number of anilines is 1. The van der Waals surface area contributed by atoms with Gasteiger partial charge in [-0.05, 0) is 36.2 Å². The van der Waals surface area contributed by atoms with Crippen LogP contribution >= 0.6 is 11.8 Å². The highest BCUT2D eigenvalue weighted by molar-refractivity contribution is 7.98. The maximum atomic E-state index is 12.2. The average Bonchev–Trinajstić information content (AvgIpc) is 2.62. The van der Waals surface area contributed by atoms with Gasteiger partial charge in [0.2, 0.25) is 0 Å². The van der Waals surface area contributed by atoms with Crippen LogP contribution in [0.5, 0.6) is 0 Å². The fraction of sp³-hybridized carbons (Fsp3) is 0.105. The standard InChI is InChI=1S/C19H17N3OS/c1-14-9-10-20-12-17(14)19(23)22-18-8-7-16(11-21-18)24-13-15-5-3-2-4-6-15/h2-12H,13H2,1H3,(H,21,22,23). The van der Waals surface area contributed by atoms with E-state index in [2.05, 4.69) is 27.4 Å². The molecule has 0 unspecified atom stereocenters. The van der Waals surface area contributed by atoms with E-state index in [1.54, 1.807) is 30.4 Å². The lowest BCUT2D eigenvalue weighted by atomic mass is 10.1. The van der Waals surface area contributed by atoms with Crippen LogP contribution in [0.15, 0.2) is 72.0 Å². The van der Waals surface area contributed by atoms with Gasteiger partial charge in [-0.15, -0.1) is 11.8 Å². The number of thioether (sulfide) groups is 1. The van der Waals surface area contributed by atoms with E-state index in [1.807, 2.05) is 43.3 Å². The third-order valence-electron chi connectivity index (χ3n) is 3.51. The Morgan fingerprint density at radius 1 is 1.08 bits per heavy atom. The molecule has 1 amide bonds. The molecule has 0 bridgehead atoms. The first-order valence-electron chi connectivity index (χ1n) is 7.57. The molecule has 1 aromatic carbocycles. The molecular formula is C19H17N3OS. The Morgan fingerprint density at radius 3 is 2.62 bits per heavy atom. The van der Waals surface area contributed by atoms with Crippen molar-refractivity contribution < 1.29 is 4.79 Å². The number of aromatic nitrogens is 2. The molecule has 24 heavy (non-hydrogen) atoms. The van der Waals surface area contributed by atoms with Crippen LogP contribution in [-0.2, 0) is 5.75 Å². The molecule has 120 valence electrons. The molecule has 0 spiro atoms. The number of aryl methyl sites for hydroxylation is 1. The van der Waals surface area contributed by atoms with Gasteiger partial charge < -0.3 is 5.32 Å². The van der Waals surface area contributed by atoms with Crippen molar-refractivity contribution in [2.75, 3.05) is 5.32 Å². The van der Waals surface area contributed by atoms with Crippen LogP contribution in [0, 0.1) is 6.92 Å². The SMILES string of the molecule is Cc1ccncc1C(=O)Nc1ccc(SCc2ccccc2)cn1. The third-order valence-corrected chi connectivity index (χ3v) is 4.56. The summed E-state index contributed by atoms with van der Waals surface area (Å²) in [5.41, 5.74) is 2.71. The van der Waals surface area contributed by atoms with Crippen molar-refractivity contribution in [2.45, 2.75) is 17.6 Å². The summed E-state index contributed by atoms with van der Waals surface area (Å²) in [5, 5.41) is 2.80. The first kappa shape index (κ1) is 16.2. The zero-order valence-electron chi connectivity index (χ0n) is 13.3. The van der Waals surface area contributed by atoms with Gasteiger partial charge in [0.15, 0.2) is 0 Å². The van der Waals surface area contributed by atoms with E-state index in [1.165, 1.54) is 5.56 Å². The largest absolute Gasteiger partial charge is 0.307 e. The first-order valence-corrected chi connectivity index (χ1v) is 8.56. The van der Waals surface area contributed by atoms with Gasteiger partial charge in [-0.2, -0.15) is 0 Å². The Balaban J connectivity index is 1.60. The van der Waals surface area contributed by atoms with Gasteiger partial charge in [0, 0.05) is 29.2 Å². The van der Waals surface area contributed by atoms with Gasteiger partial charge in [0.1, 0.15) is 5.82 Å². The number of benzene rings is 1. The molecule has 5 heteroatoms. The second-order valence-corrected chi connectivity index (χ2v) is 6.35. The number of nitrogens with one attached hydrogen (secondary N) is 1. The molecule has 0 aliphatic carbocycles. The van der Waals surface area contributed by atoms with Crippen molar-refractivity contribution in [1.29, 1.82) is 0 Å². The number of carbonyl (C=O) groups excluding carboxylic acids is 1. The van der Waals surface area contributed by atoms with Gasteiger partial charge in [-0.25, -0.2) is 4.98 Å². The summed E-state index contributed by atoms with van der Waals surface area (Å²) in [4.78, 5) is 21.6. The van der Waals surface area contributed by atoms with Gasteiger partial charge in [0.25, 0.3) is 5.91 Å². The van der Waals surface area contributed by atoms with E-state index >= 15 is 0 Å². The summed E-state index contributed by atoms with van der Waals surface area (Å²) in [5.74, 6) is 1.23. The summed E-state index contributed by atoms with van der Waals surface area (Å²) < 4.78 is 0. The molecule has 0 radical (unpaired) electrons. The van der Waals surface area contributed by atoms with Crippen molar-refractivity contribution in [3.05, 3.63) is 83.8 Å². The van der Waals surface area contributed by atoms with E-state index < -0.39 is 0 Å². The number of amides is 1. The van der Waals surface area contributed by atoms with Crippen molar-refractivity contribution in [1.82, 2.24) is 9.97 Å². The lowest BCUT2D eigenvalue weighted by Crippen LogP contribution is -2.14. The number of rotatable bonds is 5. The van der Waals surface area contributed by atoms with E-state index in [9.17, 15) is 4.79 Å². The van der Waals surface area contributed by atoms with Crippen LogP contribution in [0.1, 0.15) is 21.5 Å². The molecule has 3 rings (SSSR count). The third kappa shape index (κ3) is 4.20. The van der Waals surface area contributed by atoms with Gasteiger partial charge in [-0.3, -0.25) is 9.78 Å². The highest BCUT2D eigenvalue weighted by atomic mass is 32.2. The quantitative estimate of drug-likeness (QED) is 0.705. The summed E-state index contributed by atoms with van der Waals surface area (Å²) in [6.45, 7) is 1.88.